The molecule has 114 valence electrons. The van der Waals surface area contributed by atoms with Gasteiger partial charge in [0.1, 0.15) is 5.82 Å². The van der Waals surface area contributed by atoms with Crippen molar-refractivity contribution >= 4 is 17.5 Å². The van der Waals surface area contributed by atoms with Crippen LogP contribution < -0.4 is 5.32 Å². The van der Waals surface area contributed by atoms with Gasteiger partial charge in [-0.2, -0.15) is 0 Å². The maximum atomic E-state index is 12.3. The van der Waals surface area contributed by atoms with Gasteiger partial charge < -0.3 is 9.88 Å². The number of carbonyl (C=O) groups is 1. The van der Waals surface area contributed by atoms with Crippen molar-refractivity contribution in [2.45, 2.75) is 38.3 Å². The van der Waals surface area contributed by atoms with E-state index in [1.807, 2.05) is 24.3 Å². The molecule has 0 unspecified atom stereocenters. The minimum Gasteiger partial charge on any atom is -0.349 e. The minimum absolute atomic E-state index is 0.0714. The summed E-state index contributed by atoms with van der Waals surface area (Å²) in [5.74, 6) is 2.40. The quantitative estimate of drug-likeness (QED) is 0.941. The standard InChI is InChI=1S/C16H17ClN4O/c17-11-5-3-10(4-6-11)12-8-13(12)16(22)18-9-15-20-19-14-2-1-7-21(14)15/h3-6,12-13H,1-2,7-9H2,(H,18,22)/t12-,13-/m0/s1. The molecule has 1 aliphatic heterocycles. The highest BCUT2D eigenvalue weighted by molar-refractivity contribution is 6.30. The summed E-state index contributed by atoms with van der Waals surface area (Å²) in [6.07, 6.45) is 3.01. The molecule has 0 radical (unpaired) electrons. The largest absolute Gasteiger partial charge is 0.349 e. The maximum absolute atomic E-state index is 12.3. The lowest BCUT2D eigenvalue weighted by molar-refractivity contribution is -0.122. The number of aromatic nitrogens is 3. The van der Waals surface area contributed by atoms with Crippen molar-refractivity contribution in [3.8, 4) is 0 Å². The van der Waals surface area contributed by atoms with Crippen LogP contribution in [0.1, 0.15) is 36.0 Å². The van der Waals surface area contributed by atoms with Crippen LogP contribution in [-0.2, 0) is 24.3 Å². The van der Waals surface area contributed by atoms with Crippen molar-refractivity contribution in [3.05, 3.63) is 46.5 Å². The molecule has 2 atom stereocenters. The van der Waals surface area contributed by atoms with Crippen molar-refractivity contribution in [2.24, 2.45) is 5.92 Å². The van der Waals surface area contributed by atoms with Gasteiger partial charge in [-0.3, -0.25) is 4.79 Å². The van der Waals surface area contributed by atoms with Gasteiger partial charge in [0.15, 0.2) is 5.82 Å². The van der Waals surface area contributed by atoms with Crippen LogP contribution in [-0.4, -0.2) is 20.7 Å². The Hall–Kier alpha value is -1.88. The number of fused-ring (bicyclic) bond motifs is 1. The van der Waals surface area contributed by atoms with Gasteiger partial charge in [0.2, 0.25) is 5.91 Å². The second-order valence-electron chi connectivity index (χ2n) is 6.01. The lowest BCUT2D eigenvalue weighted by atomic mass is 10.1. The molecule has 22 heavy (non-hydrogen) atoms. The summed E-state index contributed by atoms with van der Waals surface area (Å²) in [6, 6.07) is 7.77. The summed E-state index contributed by atoms with van der Waals surface area (Å²) in [4.78, 5) is 12.3. The van der Waals surface area contributed by atoms with E-state index in [9.17, 15) is 4.79 Å². The fraction of sp³-hybridized carbons (Fsp3) is 0.438. The number of hydrogen-bond acceptors (Lipinski definition) is 3. The Labute approximate surface area is 133 Å². The normalized spacial score (nSPS) is 22.4. The van der Waals surface area contributed by atoms with Crippen LogP contribution in [0.5, 0.6) is 0 Å². The van der Waals surface area contributed by atoms with Crippen LogP contribution in [0, 0.1) is 5.92 Å². The van der Waals surface area contributed by atoms with Gasteiger partial charge >= 0.3 is 0 Å². The van der Waals surface area contributed by atoms with E-state index in [1.165, 1.54) is 5.56 Å². The van der Waals surface area contributed by atoms with Gasteiger partial charge in [-0.05, 0) is 36.5 Å². The van der Waals surface area contributed by atoms with E-state index in [1.54, 1.807) is 0 Å². The molecule has 0 bridgehead atoms. The second-order valence-corrected chi connectivity index (χ2v) is 6.44. The molecule has 1 aliphatic carbocycles. The van der Waals surface area contributed by atoms with Crippen molar-refractivity contribution in [1.82, 2.24) is 20.1 Å². The van der Waals surface area contributed by atoms with Crippen LogP contribution in [0.3, 0.4) is 0 Å². The molecule has 1 saturated carbocycles. The zero-order valence-electron chi connectivity index (χ0n) is 12.1. The first-order valence-electron chi connectivity index (χ1n) is 7.66. The monoisotopic (exact) mass is 316 g/mol. The highest BCUT2D eigenvalue weighted by Gasteiger charge is 2.43. The summed E-state index contributed by atoms with van der Waals surface area (Å²) >= 11 is 5.89. The first kappa shape index (κ1) is 13.8. The van der Waals surface area contributed by atoms with Crippen LogP contribution in [0.2, 0.25) is 5.02 Å². The van der Waals surface area contributed by atoms with Crippen molar-refractivity contribution in [3.63, 3.8) is 0 Å². The van der Waals surface area contributed by atoms with E-state index in [4.69, 9.17) is 11.6 Å². The smallest absolute Gasteiger partial charge is 0.224 e. The number of amides is 1. The molecule has 1 aromatic heterocycles. The number of hydrogen-bond donors (Lipinski definition) is 1. The van der Waals surface area contributed by atoms with Crippen molar-refractivity contribution < 1.29 is 4.79 Å². The van der Waals surface area contributed by atoms with E-state index < -0.39 is 0 Å². The fourth-order valence-corrected chi connectivity index (χ4v) is 3.33. The zero-order valence-corrected chi connectivity index (χ0v) is 12.9. The number of benzene rings is 1. The first-order chi connectivity index (χ1) is 10.7. The van der Waals surface area contributed by atoms with Gasteiger partial charge in [0.25, 0.3) is 0 Å². The Balaban J connectivity index is 1.35. The highest BCUT2D eigenvalue weighted by Crippen LogP contribution is 2.47. The average Bonchev–Trinajstić information content (AvgIpc) is 3.01. The Morgan fingerprint density at radius 2 is 2.14 bits per heavy atom. The molecule has 2 aromatic rings. The molecule has 0 spiro atoms. The highest BCUT2D eigenvalue weighted by atomic mass is 35.5. The number of nitrogens with zero attached hydrogens (tertiary/aromatic N) is 3. The Morgan fingerprint density at radius 1 is 1.32 bits per heavy atom. The number of halogens is 1. The van der Waals surface area contributed by atoms with Crippen LogP contribution in [0.4, 0.5) is 0 Å². The lowest BCUT2D eigenvalue weighted by Crippen LogP contribution is -2.26. The van der Waals surface area contributed by atoms with Gasteiger partial charge in [0, 0.05) is 23.9 Å². The summed E-state index contributed by atoms with van der Waals surface area (Å²) in [5, 5.41) is 12.0. The molecule has 2 aliphatic rings. The topological polar surface area (TPSA) is 59.8 Å². The number of carbonyl (C=O) groups excluding carboxylic acids is 1. The van der Waals surface area contributed by atoms with Gasteiger partial charge in [-0.1, -0.05) is 23.7 Å². The van der Waals surface area contributed by atoms with Gasteiger partial charge in [-0.25, -0.2) is 0 Å². The summed E-state index contributed by atoms with van der Waals surface area (Å²) in [7, 11) is 0. The zero-order chi connectivity index (χ0) is 15.1. The molecule has 5 nitrogen and oxygen atoms in total. The maximum Gasteiger partial charge on any atom is 0.224 e. The number of aryl methyl sites for hydroxylation is 1. The lowest BCUT2D eigenvalue weighted by Gasteiger charge is -2.06. The molecule has 6 heteroatoms. The van der Waals surface area contributed by atoms with E-state index in [0.717, 1.165) is 42.5 Å². The molecule has 1 N–H and O–H groups in total. The molecule has 1 amide bonds. The first-order valence-corrected chi connectivity index (χ1v) is 8.04. The molecule has 4 rings (SSSR count). The Kier molecular flexibility index (Phi) is 3.37. The van der Waals surface area contributed by atoms with Crippen LogP contribution in [0.15, 0.2) is 24.3 Å². The van der Waals surface area contributed by atoms with E-state index >= 15 is 0 Å². The third-order valence-electron chi connectivity index (χ3n) is 4.53. The Bertz CT molecular complexity index is 709. The third kappa shape index (κ3) is 2.50. The average molecular weight is 317 g/mol. The molecule has 1 fully saturated rings. The third-order valence-corrected chi connectivity index (χ3v) is 4.78. The molecule has 1 aromatic carbocycles. The summed E-state index contributed by atoms with van der Waals surface area (Å²) < 4.78 is 2.11. The summed E-state index contributed by atoms with van der Waals surface area (Å²) in [6.45, 7) is 1.43. The fourth-order valence-electron chi connectivity index (χ4n) is 3.20. The van der Waals surface area contributed by atoms with E-state index in [-0.39, 0.29) is 11.8 Å². The predicted octanol–water partition coefficient (Wildman–Crippen LogP) is 2.30. The predicted molar refractivity (Wildman–Crippen MR) is 82.5 cm³/mol. The Morgan fingerprint density at radius 3 is 2.95 bits per heavy atom. The molecule has 2 heterocycles. The second kappa shape index (κ2) is 5.39. The SMILES string of the molecule is O=C(NCc1nnc2n1CCC2)[C@H]1C[C@H]1c1ccc(Cl)cc1. The van der Waals surface area contributed by atoms with Crippen LogP contribution >= 0.6 is 11.6 Å². The van der Waals surface area contributed by atoms with Gasteiger partial charge in [0.05, 0.1) is 6.54 Å². The van der Waals surface area contributed by atoms with Crippen molar-refractivity contribution in [2.75, 3.05) is 0 Å². The van der Waals surface area contributed by atoms with E-state index in [0.29, 0.717) is 12.5 Å². The van der Waals surface area contributed by atoms with E-state index in [2.05, 4.69) is 20.1 Å². The molecular weight excluding hydrogens is 300 g/mol. The summed E-state index contributed by atoms with van der Waals surface area (Å²) in [5.41, 5.74) is 1.19. The van der Waals surface area contributed by atoms with Crippen molar-refractivity contribution in [1.29, 1.82) is 0 Å². The number of nitrogens with one attached hydrogen (secondary N) is 1. The number of rotatable bonds is 4. The minimum atomic E-state index is 0.0714. The molecular formula is C16H17ClN4O. The molecule has 0 saturated heterocycles. The van der Waals surface area contributed by atoms with Crippen LogP contribution in [0.25, 0.3) is 0 Å². The van der Waals surface area contributed by atoms with Gasteiger partial charge in [-0.15, -0.1) is 10.2 Å².